The molecule has 0 radical (unpaired) electrons. The number of fused-ring (bicyclic) bond motifs is 6. The van der Waals surface area contributed by atoms with Crippen molar-refractivity contribution in [1.82, 2.24) is 25.3 Å². The molecule has 4 heterocycles. The van der Waals surface area contributed by atoms with Gasteiger partial charge in [0.2, 0.25) is 23.6 Å². The minimum Gasteiger partial charge on any atom is -0.388 e. The minimum atomic E-state index is -1.28. The Balaban J connectivity index is 1.62. The SMILES string of the molecule is CC(C)N1C[C@@H]2C[C@H]1C(=O)N1CCN(C(=O)CC(C)(C)C)[C@@H](C1)C(=O)NC[C@H]1O[C@@H](CC(=O)N2)[C@H](O)[C@@H]1O. The maximum atomic E-state index is 13.8. The number of nitrogens with zero attached hydrogens (tertiary/aromatic N) is 3. The number of piperazine rings is 1. The Labute approximate surface area is 224 Å². The van der Waals surface area contributed by atoms with E-state index in [0.717, 1.165) is 0 Å². The van der Waals surface area contributed by atoms with E-state index in [9.17, 15) is 29.4 Å². The number of hydrogen-bond donors (Lipinski definition) is 4. The Morgan fingerprint density at radius 3 is 2.39 bits per heavy atom. The summed E-state index contributed by atoms with van der Waals surface area (Å²) in [5.74, 6) is -1.05. The van der Waals surface area contributed by atoms with E-state index in [1.165, 1.54) is 0 Å². The molecule has 4 aliphatic rings. The van der Waals surface area contributed by atoms with Crippen molar-refractivity contribution in [2.45, 2.75) is 102 Å². The quantitative estimate of drug-likeness (QED) is 0.330. The first-order valence-corrected chi connectivity index (χ1v) is 13.7. The Kier molecular flexibility index (Phi) is 8.37. The molecule has 4 N–H and O–H groups in total. The first-order valence-electron chi connectivity index (χ1n) is 13.7. The summed E-state index contributed by atoms with van der Waals surface area (Å²) in [4.78, 5) is 58.5. The van der Waals surface area contributed by atoms with Gasteiger partial charge in [-0.15, -0.1) is 0 Å². The van der Waals surface area contributed by atoms with Crippen LogP contribution in [-0.2, 0) is 23.9 Å². The number of carbonyl (C=O) groups is 4. The molecule has 4 amide bonds. The first kappa shape index (κ1) is 28.7. The van der Waals surface area contributed by atoms with Crippen LogP contribution in [0.3, 0.4) is 0 Å². The molecule has 12 nitrogen and oxygen atoms in total. The van der Waals surface area contributed by atoms with E-state index in [4.69, 9.17) is 4.74 Å². The zero-order chi connectivity index (χ0) is 27.9. The molecule has 4 rings (SSSR count). The van der Waals surface area contributed by atoms with Gasteiger partial charge in [0.05, 0.1) is 25.1 Å². The molecule has 4 aliphatic heterocycles. The van der Waals surface area contributed by atoms with E-state index in [2.05, 4.69) is 15.5 Å². The van der Waals surface area contributed by atoms with Crippen molar-refractivity contribution < 1.29 is 34.1 Å². The van der Waals surface area contributed by atoms with Crippen LogP contribution in [0.4, 0.5) is 0 Å². The number of carbonyl (C=O) groups excluding carboxylic acids is 4. The van der Waals surface area contributed by atoms with Crippen molar-refractivity contribution in [3.63, 3.8) is 0 Å². The number of aliphatic hydroxyl groups excluding tert-OH is 2. The number of ether oxygens (including phenoxy) is 1. The van der Waals surface area contributed by atoms with Crippen LogP contribution in [0, 0.1) is 5.41 Å². The summed E-state index contributed by atoms with van der Waals surface area (Å²) in [5, 5.41) is 26.7. The molecular weight excluding hydrogens is 494 g/mol. The Morgan fingerprint density at radius 2 is 1.74 bits per heavy atom. The van der Waals surface area contributed by atoms with Crippen molar-refractivity contribution in [3.05, 3.63) is 0 Å². The maximum Gasteiger partial charge on any atom is 0.244 e. The number of nitrogens with one attached hydrogen (secondary N) is 2. The molecule has 7 atom stereocenters. The van der Waals surface area contributed by atoms with Gasteiger partial charge in [0.1, 0.15) is 24.4 Å². The summed E-state index contributed by atoms with van der Waals surface area (Å²) < 4.78 is 5.77. The van der Waals surface area contributed by atoms with Gasteiger partial charge in [-0.2, -0.15) is 0 Å². The average Bonchev–Trinajstić information content (AvgIpc) is 3.36. The van der Waals surface area contributed by atoms with Gasteiger partial charge in [-0.1, -0.05) is 20.8 Å². The van der Waals surface area contributed by atoms with Crippen LogP contribution in [0.15, 0.2) is 0 Å². The van der Waals surface area contributed by atoms with Crippen molar-refractivity contribution in [2.24, 2.45) is 5.41 Å². The van der Waals surface area contributed by atoms with E-state index in [0.29, 0.717) is 19.5 Å². The molecule has 4 saturated heterocycles. The topological polar surface area (TPSA) is 152 Å². The standard InChI is InChI=1S/C26H43N5O7/c1-14(2)31-12-15-8-16(31)25(37)29-6-7-30(21(33)10-26(3,4)5)17(13-29)24(36)27-11-19-23(35)22(34)18(38-19)9-20(32)28-15/h14-19,22-23,34-35H,6-13H2,1-5H3,(H,27,36)(H,28,32)/t15-,16-,17-,18-,19+,22-,23+/m0/s1. The van der Waals surface area contributed by atoms with Gasteiger partial charge in [0.25, 0.3) is 0 Å². The van der Waals surface area contributed by atoms with Crippen LogP contribution in [0.25, 0.3) is 0 Å². The molecule has 0 aromatic rings. The molecule has 214 valence electrons. The Bertz CT molecular complexity index is 937. The molecular formula is C26H43N5O7. The highest BCUT2D eigenvalue weighted by molar-refractivity contribution is 5.90. The fourth-order valence-electron chi connectivity index (χ4n) is 6.00. The Morgan fingerprint density at radius 1 is 1.05 bits per heavy atom. The van der Waals surface area contributed by atoms with Crippen molar-refractivity contribution in [1.29, 1.82) is 0 Å². The van der Waals surface area contributed by atoms with Gasteiger partial charge in [0.15, 0.2) is 0 Å². The van der Waals surface area contributed by atoms with Gasteiger partial charge in [-0.25, -0.2) is 0 Å². The Hall–Kier alpha value is -2.28. The van der Waals surface area contributed by atoms with Gasteiger partial charge in [-0.3, -0.25) is 24.1 Å². The summed E-state index contributed by atoms with van der Waals surface area (Å²) in [5.41, 5.74) is -0.271. The lowest BCUT2D eigenvalue weighted by molar-refractivity contribution is -0.151. The smallest absolute Gasteiger partial charge is 0.244 e. The van der Waals surface area contributed by atoms with E-state index < -0.39 is 42.4 Å². The van der Waals surface area contributed by atoms with Crippen LogP contribution >= 0.6 is 0 Å². The van der Waals surface area contributed by atoms with Gasteiger partial charge in [-0.05, 0) is 25.7 Å². The predicted molar refractivity (Wildman–Crippen MR) is 137 cm³/mol. The lowest BCUT2D eigenvalue weighted by Crippen LogP contribution is -2.64. The molecule has 0 unspecified atom stereocenters. The minimum absolute atomic E-state index is 0.0533. The second-order valence-corrected chi connectivity index (χ2v) is 12.6. The number of aliphatic hydroxyl groups is 2. The molecule has 12 heteroatoms. The van der Waals surface area contributed by atoms with Gasteiger partial charge >= 0.3 is 0 Å². The van der Waals surface area contributed by atoms with E-state index in [-0.39, 0.29) is 67.7 Å². The van der Waals surface area contributed by atoms with Crippen molar-refractivity contribution in [2.75, 3.05) is 32.7 Å². The maximum absolute atomic E-state index is 13.8. The average molecular weight is 538 g/mol. The highest BCUT2D eigenvalue weighted by Gasteiger charge is 2.47. The van der Waals surface area contributed by atoms with Gasteiger partial charge < -0.3 is 35.4 Å². The summed E-state index contributed by atoms with van der Waals surface area (Å²) in [6.45, 7) is 10.9. The molecule has 0 aromatic carbocycles. The number of likely N-dealkylation sites (tertiary alicyclic amines) is 1. The van der Waals surface area contributed by atoms with Crippen LogP contribution < -0.4 is 10.6 Å². The molecule has 4 fully saturated rings. The predicted octanol–water partition coefficient (Wildman–Crippen LogP) is -1.56. The van der Waals surface area contributed by atoms with Crippen molar-refractivity contribution >= 4 is 23.6 Å². The molecule has 0 spiro atoms. The highest BCUT2D eigenvalue weighted by atomic mass is 16.5. The third-order valence-electron chi connectivity index (χ3n) is 7.97. The van der Waals surface area contributed by atoms with Crippen LogP contribution in [0.1, 0.15) is 53.9 Å². The van der Waals surface area contributed by atoms with Crippen molar-refractivity contribution in [3.8, 4) is 0 Å². The molecule has 38 heavy (non-hydrogen) atoms. The van der Waals surface area contributed by atoms with E-state index in [1.54, 1.807) is 9.80 Å². The van der Waals surface area contributed by atoms with Crippen LogP contribution in [0.5, 0.6) is 0 Å². The first-order chi connectivity index (χ1) is 17.7. The normalized spacial score (nSPS) is 35.5. The molecule has 0 saturated carbocycles. The fraction of sp³-hybridized carbons (Fsp3) is 0.846. The second kappa shape index (κ2) is 11.1. The summed E-state index contributed by atoms with van der Waals surface area (Å²) >= 11 is 0. The van der Waals surface area contributed by atoms with Crippen LogP contribution in [0.2, 0.25) is 0 Å². The summed E-state index contributed by atoms with van der Waals surface area (Å²) in [7, 11) is 0. The molecule has 0 aliphatic carbocycles. The van der Waals surface area contributed by atoms with Gasteiger partial charge in [0, 0.05) is 44.7 Å². The summed E-state index contributed by atoms with van der Waals surface area (Å²) in [6, 6.07) is -1.57. The van der Waals surface area contributed by atoms with Crippen LogP contribution in [-0.4, -0.2) is 130 Å². The zero-order valence-electron chi connectivity index (χ0n) is 23.1. The van der Waals surface area contributed by atoms with E-state index >= 15 is 0 Å². The third kappa shape index (κ3) is 6.13. The number of amides is 4. The third-order valence-corrected chi connectivity index (χ3v) is 7.97. The second-order valence-electron chi connectivity index (χ2n) is 12.6. The number of rotatable bonds is 2. The monoisotopic (exact) mass is 537 g/mol. The molecule has 0 aromatic heterocycles. The fourth-order valence-corrected chi connectivity index (χ4v) is 6.00. The zero-order valence-corrected chi connectivity index (χ0v) is 23.1. The lowest BCUT2D eigenvalue weighted by atomic mass is 9.91. The lowest BCUT2D eigenvalue weighted by Gasteiger charge is -2.43. The highest BCUT2D eigenvalue weighted by Crippen LogP contribution is 2.28. The largest absolute Gasteiger partial charge is 0.388 e. The van der Waals surface area contributed by atoms with E-state index in [1.807, 2.05) is 34.6 Å². The summed E-state index contributed by atoms with van der Waals surface area (Å²) in [6.07, 6.45) is -3.86. The molecule has 6 bridgehead atoms. The number of hydrogen-bond acceptors (Lipinski definition) is 8.